The van der Waals surface area contributed by atoms with Gasteiger partial charge in [-0.2, -0.15) is 0 Å². The molecule has 0 aromatic heterocycles. The Bertz CT molecular complexity index is 477. The molecular formula is C12H8Br2O. The van der Waals surface area contributed by atoms with E-state index < -0.39 is 0 Å². The molecule has 0 saturated carbocycles. The van der Waals surface area contributed by atoms with E-state index in [0.29, 0.717) is 0 Å². The highest BCUT2D eigenvalue weighted by molar-refractivity contribution is 9.11. The number of hydrogen-bond acceptors (Lipinski definition) is 1. The van der Waals surface area contributed by atoms with Crippen molar-refractivity contribution in [2.75, 3.05) is 0 Å². The third-order valence-corrected chi connectivity index (χ3v) is 3.26. The van der Waals surface area contributed by atoms with Gasteiger partial charge in [-0.1, -0.05) is 50.1 Å². The fourth-order valence-corrected chi connectivity index (χ4v) is 2.64. The molecule has 1 nitrogen and oxygen atoms in total. The second kappa shape index (κ2) is 4.37. The van der Waals surface area contributed by atoms with Gasteiger partial charge in [0.25, 0.3) is 0 Å². The summed E-state index contributed by atoms with van der Waals surface area (Å²) < 4.78 is 2.07. The van der Waals surface area contributed by atoms with E-state index in [1.807, 2.05) is 30.3 Å². The van der Waals surface area contributed by atoms with Crippen LogP contribution in [0.1, 0.15) is 0 Å². The molecular weight excluding hydrogens is 320 g/mol. The van der Waals surface area contributed by atoms with E-state index in [2.05, 4.69) is 31.9 Å². The predicted octanol–water partition coefficient (Wildman–Crippen LogP) is 4.58. The Hall–Kier alpha value is -0.800. The first-order valence-electron chi connectivity index (χ1n) is 4.41. The summed E-state index contributed by atoms with van der Waals surface area (Å²) >= 11 is 6.92. The summed E-state index contributed by atoms with van der Waals surface area (Å²) in [6.45, 7) is 0. The van der Waals surface area contributed by atoms with Crippen molar-refractivity contribution in [3.05, 3.63) is 51.4 Å². The Labute approximate surface area is 105 Å². The second-order valence-corrected chi connectivity index (χ2v) is 4.94. The number of phenolic OH excluding ortho intramolecular Hbond substituents is 1. The number of benzene rings is 2. The van der Waals surface area contributed by atoms with Crippen LogP contribution in [-0.2, 0) is 0 Å². The first-order chi connectivity index (χ1) is 7.16. The molecule has 0 bridgehead atoms. The lowest BCUT2D eigenvalue weighted by molar-refractivity contribution is 0.475. The van der Waals surface area contributed by atoms with E-state index >= 15 is 0 Å². The number of rotatable bonds is 1. The lowest BCUT2D eigenvalue weighted by Crippen LogP contribution is -1.79. The Morgan fingerprint density at radius 3 is 2.13 bits per heavy atom. The number of aromatic hydroxyl groups is 1. The topological polar surface area (TPSA) is 20.2 Å². The van der Waals surface area contributed by atoms with Gasteiger partial charge in [0.05, 0.1) is 0 Å². The highest BCUT2D eigenvalue weighted by Gasteiger charge is 2.03. The summed E-state index contributed by atoms with van der Waals surface area (Å²) in [6, 6.07) is 13.2. The largest absolute Gasteiger partial charge is 0.508 e. The SMILES string of the molecule is Oc1ccc(-c2ccc(Br)cc2Br)cc1. The summed E-state index contributed by atoms with van der Waals surface area (Å²) in [6.07, 6.45) is 0. The maximum Gasteiger partial charge on any atom is 0.115 e. The maximum absolute atomic E-state index is 9.20. The zero-order valence-corrected chi connectivity index (χ0v) is 10.9. The standard InChI is InChI=1S/C12H8Br2O/c13-9-3-6-11(12(14)7-9)8-1-4-10(15)5-2-8/h1-7,15H. The van der Waals surface area contributed by atoms with E-state index in [9.17, 15) is 5.11 Å². The third kappa shape index (κ3) is 2.41. The fraction of sp³-hybridized carbons (Fsp3) is 0. The van der Waals surface area contributed by atoms with Gasteiger partial charge < -0.3 is 5.11 Å². The minimum absolute atomic E-state index is 0.284. The van der Waals surface area contributed by atoms with Gasteiger partial charge in [-0.05, 0) is 35.4 Å². The number of halogens is 2. The van der Waals surface area contributed by atoms with Crippen molar-refractivity contribution < 1.29 is 5.11 Å². The van der Waals surface area contributed by atoms with Gasteiger partial charge in [-0.25, -0.2) is 0 Å². The molecule has 76 valence electrons. The van der Waals surface area contributed by atoms with E-state index in [4.69, 9.17) is 0 Å². The molecule has 0 heterocycles. The van der Waals surface area contributed by atoms with Gasteiger partial charge in [0.2, 0.25) is 0 Å². The quantitative estimate of drug-likeness (QED) is 0.812. The van der Waals surface area contributed by atoms with Crippen LogP contribution in [0.4, 0.5) is 0 Å². The molecule has 0 aliphatic carbocycles. The molecule has 0 unspecified atom stereocenters. The molecule has 1 N–H and O–H groups in total. The van der Waals surface area contributed by atoms with Gasteiger partial charge in [0.15, 0.2) is 0 Å². The average Bonchev–Trinajstić information content (AvgIpc) is 2.20. The van der Waals surface area contributed by atoms with E-state index in [1.54, 1.807) is 12.1 Å². The monoisotopic (exact) mass is 326 g/mol. The summed E-state index contributed by atoms with van der Waals surface area (Å²) in [5.74, 6) is 0.284. The van der Waals surface area contributed by atoms with Crippen LogP contribution in [0.3, 0.4) is 0 Å². The van der Waals surface area contributed by atoms with Crippen molar-refractivity contribution in [2.24, 2.45) is 0 Å². The van der Waals surface area contributed by atoms with Crippen molar-refractivity contribution in [1.29, 1.82) is 0 Å². The van der Waals surface area contributed by atoms with Crippen molar-refractivity contribution in [3.8, 4) is 16.9 Å². The van der Waals surface area contributed by atoms with Crippen molar-refractivity contribution >= 4 is 31.9 Å². The average molecular weight is 328 g/mol. The number of phenols is 1. The molecule has 3 heteroatoms. The van der Waals surface area contributed by atoms with E-state index in [-0.39, 0.29) is 5.75 Å². The first kappa shape index (κ1) is 10.7. The molecule has 0 saturated heterocycles. The molecule has 0 aliphatic heterocycles. The predicted molar refractivity (Wildman–Crippen MR) is 68.9 cm³/mol. The first-order valence-corrected chi connectivity index (χ1v) is 6.00. The Balaban J connectivity index is 2.49. The lowest BCUT2D eigenvalue weighted by atomic mass is 10.1. The van der Waals surface area contributed by atoms with E-state index in [0.717, 1.165) is 20.1 Å². The van der Waals surface area contributed by atoms with Crippen molar-refractivity contribution in [2.45, 2.75) is 0 Å². The molecule has 2 rings (SSSR count). The molecule has 2 aromatic carbocycles. The zero-order valence-electron chi connectivity index (χ0n) is 7.74. The van der Waals surface area contributed by atoms with Crippen molar-refractivity contribution in [1.82, 2.24) is 0 Å². The summed E-state index contributed by atoms with van der Waals surface area (Å²) in [5, 5.41) is 9.20. The molecule has 15 heavy (non-hydrogen) atoms. The third-order valence-electron chi connectivity index (χ3n) is 2.11. The molecule has 0 spiro atoms. The van der Waals surface area contributed by atoms with Gasteiger partial charge >= 0.3 is 0 Å². The lowest BCUT2D eigenvalue weighted by Gasteiger charge is -2.05. The maximum atomic E-state index is 9.20. The zero-order chi connectivity index (χ0) is 10.8. The summed E-state index contributed by atoms with van der Waals surface area (Å²) in [4.78, 5) is 0. The summed E-state index contributed by atoms with van der Waals surface area (Å²) in [7, 11) is 0. The van der Waals surface area contributed by atoms with Crippen LogP contribution in [0.5, 0.6) is 5.75 Å². The van der Waals surface area contributed by atoms with Crippen molar-refractivity contribution in [3.63, 3.8) is 0 Å². The normalized spacial score (nSPS) is 10.3. The second-order valence-electron chi connectivity index (χ2n) is 3.17. The van der Waals surface area contributed by atoms with Crippen LogP contribution in [0.2, 0.25) is 0 Å². The molecule has 0 radical (unpaired) electrons. The van der Waals surface area contributed by atoms with Crippen LogP contribution >= 0.6 is 31.9 Å². The van der Waals surface area contributed by atoms with Crippen LogP contribution in [0.15, 0.2) is 51.4 Å². The van der Waals surface area contributed by atoms with Crippen LogP contribution in [-0.4, -0.2) is 5.11 Å². The van der Waals surface area contributed by atoms with Gasteiger partial charge in [-0.3, -0.25) is 0 Å². The van der Waals surface area contributed by atoms with Gasteiger partial charge in [0, 0.05) is 8.95 Å². The Morgan fingerprint density at radius 2 is 1.53 bits per heavy atom. The minimum atomic E-state index is 0.284. The molecule has 0 atom stereocenters. The molecule has 0 amide bonds. The van der Waals surface area contributed by atoms with Gasteiger partial charge in [-0.15, -0.1) is 0 Å². The van der Waals surface area contributed by atoms with Crippen LogP contribution in [0.25, 0.3) is 11.1 Å². The Morgan fingerprint density at radius 1 is 0.867 bits per heavy atom. The molecule has 2 aromatic rings. The van der Waals surface area contributed by atoms with Crippen LogP contribution in [0, 0.1) is 0 Å². The minimum Gasteiger partial charge on any atom is -0.508 e. The highest BCUT2D eigenvalue weighted by Crippen LogP contribution is 2.31. The smallest absolute Gasteiger partial charge is 0.115 e. The van der Waals surface area contributed by atoms with Crippen LogP contribution < -0.4 is 0 Å². The number of hydrogen-bond donors (Lipinski definition) is 1. The Kier molecular flexibility index (Phi) is 3.12. The highest BCUT2D eigenvalue weighted by atomic mass is 79.9. The van der Waals surface area contributed by atoms with E-state index in [1.165, 1.54) is 0 Å². The van der Waals surface area contributed by atoms with Gasteiger partial charge in [0.1, 0.15) is 5.75 Å². The molecule has 0 aliphatic rings. The fourth-order valence-electron chi connectivity index (χ4n) is 1.36. The molecule has 0 fully saturated rings. The summed E-state index contributed by atoms with van der Waals surface area (Å²) in [5.41, 5.74) is 2.19.